The van der Waals surface area contributed by atoms with E-state index in [4.69, 9.17) is 18.9 Å². The van der Waals surface area contributed by atoms with Crippen LogP contribution in [0.25, 0.3) is 6.08 Å². The Bertz CT molecular complexity index is 1040. The first-order valence-corrected chi connectivity index (χ1v) is 11.5. The number of benzene rings is 2. The van der Waals surface area contributed by atoms with Gasteiger partial charge in [-0.15, -0.1) is 0 Å². The van der Waals surface area contributed by atoms with Gasteiger partial charge in [-0.1, -0.05) is 30.4 Å². The molecule has 6 heteroatoms. The maximum Gasteiger partial charge on any atom is 0.161 e. The van der Waals surface area contributed by atoms with Crippen LogP contribution in [0.1, 0.15) is 23.1 Å². The number of methoxy groups -OCH3 is 4. The molecule has 0 saturated carbocycles. The second-order valence-corrected chi connectivity index (χ2v) is 8.42. The van der Waals surface area contributed by atoms with Gasteiger partial charge in [-0.25, -0.2) is 0 Å². The van der Waals surface area contributed by atoms with Crippen molar-refractivity contribution in [3.05, 3.63) is 65.3 Å². The van der Waals surface area contributed by atoms with Crippen molar-refractivity contribution < 1.29 is 23.7 Å². The Hall–Kier alpha value is -3.25. The van der Waals surface area contributed by atoms with Gasteiger partial charge >= 0.3 is 0 Å². The molecule has 34 heavy (non-hydrogen) atoms. The molecular weight excluding hydrogens is 430 g/mol. The van der Waals surface area contributed by atoms with Crippen molar-refractivity contribution in [2.45, 2.75) is 19.3 Å². The molecule has 0 bridgehead atoms. The van der Waals surface area contributed by atoms with Crippen molar-refractivity contribution in [3.63, 3.8) is 0 Å². The van der Waals surface area contributed by atoms with Gasteiger partial charge in [-0.2, -0.15) is 0 Å². The van der Waals surface area contributed by atoms with E-state index in [1.807, 2.05) is 36.4 Å². The quantitative estimate of drug-likeness (QED) is 0.452. The molecule has 0 aromatic heterocycles. The monoisotopic (exact) mass is 465 g/mol. The van der Waals surface area contributed by atoms with Crippen molar-refractivity contribution in [1.29, 1.82) is 0 Å². The lowest BCUT2D eigenvalue weighted by atomic mass is 9.96. The molecule has 2 aromatic carbocycles. The third-order valence-electron chi connectivity index (χ3n) is 6.14. The minimum Gasteiger partial charge on any atom is -0.493 e. The topological polar surface area (TPSA) is 57.2 Å². The highest BCUT2D eigenvalue weighted by Gasteiger charge is 2.21. The minimum atomic E-state index is -0.127. The number of ketones is 1. The van der Waals surface area contributed by atoms with E-state index in [1.54, 1.807) is 28.4 Å². The first kappa shape index (κ1) is 25.4. The summed E-state index contributed by atoms with van der Waals surface area (Å²) in [5.74, 6) is 2.91. The van der Waals surface area contributed by atoms with Crippen molar-refractivity contribution in [3.8, 4) is 23.0 Å². The van der Waals surface area contributed by atoms with E-state index >= 15 is 0 Å². The van der Waals surface area contributed by atoms with Crippen LogP contribution in [0.5, 0.6) is 23.0 Å². The number of nitrogens with zero attached hydrogens (tertiary/aromatic N) is 1. The van der Waals surface area contributed by atoms with Crippen LogP contribution in [0.3, 0.4) is 0 Å². The summed E-state index contributed by atoms with van der Waals surface area (Å²) in [5, 5.41) is 0. The Kier molecular flexibility index (Phi) is 9.16. The van der Waals surface area contributed by atoms with Crippen LogP contribution in [-0.4, -0.2) is 59.3 Å². The van der Waals surface area contributed by atoms with Crippen LogP contribution < -0.4 is 18.9 Å². The number of hydrogen-bond donors (Lipinski definition) is 0. The Labute approximate surface area is 202 Å². The normalized spacial score (nSPS) is 15.4. The van der Waals surface area contributed by atoms with Gasteiger partial charge in [-0.05, 0) is 60.8 Å². The smallest absolute Gasteiger partial charge is 0.161 e. The molecule has 0 radical (unpaired) electrons. The second-order valence-electron chi connectivity index (χ2n) is 8.42. The highest BCUT2D eigenvalue weighted by atomic mass is 16.5. The Balaban J connectivity index is 1.51. The molecule has 0 aliphatic heterocycles. The van der Waals surface area contributed by atoms with E-state index in [0.717, 1.165) is 42.1 Å². The molecule has 182 valence electrons. The average Bonchev–Trinajstić information content (AvgIpc) is 3.01. The number of carbonyl (C=O) groups excluding carboxylic acids is 1. The van der Waals surface area contributed by atoms with Crippen LogP contribution in [0.15, 0.2) is 48.6 Å². The lowest BCUT2D eigenvalue weighted by Crippen LogP contribution is -2.21. The second kappa shape index (κ2) is 12.3. The van der Waals surface area contributed by atoms with Crippen molar-refractivity contribution in [2.75, 3.05) is 48.6 Å². The summed E-state index contributed by atoms with van der Waals surface area (Å²) < 4.78 is 21.5. The highest BCUT2D eigenvalue weighted by molar-refractivity contribution is 5.88. The fraction of sp³-hybridized carbons (Fsp3) is 0.393. The molecule has 3 rings (SSSR count). The number of carbonyl (C=O) groups is 1. The summed E-state index contributed by atoms with van der Waals surface area (Å²) in [4.78, 5) is 15.1. The molecule has 1 aliphatic carbocycles. The summed E-state index contributed by atoms with van der Waals surface area (Å²) in [6.45, 7) is 1.74. The number of Topliss-reactive ketones (excluding diaryl/α,β-unsaturated/α-hetero) is 1. The molecule has 1 unspecified atom stereocenters. The summed E-state index contributed by atoms with van der Waals surface area (Å²) >= 11 is 0. The summed E-state index contributed by atoms with van der Waals surface area (Å²) in [5.41, 5.74) is 3.18. The van der Waals surface area contributed by atoms with E-state index in [0.29, 0.717) is 24.3 Å². The van der Waals surface area contributed by atoms with Gasteiger partial charge in [0.25, 0.3) is 0 Å². The molecule has 0 N–H and O–H groups in total. The van der Waals surface area contributed by atoms with Crippen molar-refractivity contribution >= 4 is 11.9 Å². The van der Waals surface area contributed by atoms with Crippen molar-refractivity contribution in [1.82, 2.24) is 4.90 Å². The predicted octanol–water partition coefficient (Wildman–Crippen LogP) is 4.60. The molecule has 0 saturated heterocycles. The molecule has 1 atom stereocenters. The molecule has 0 spiro atoms. The first-order valence-electron chi connectivity index (χ1n) is 11.5. The van der Waals surface area contributed by atoms with Gasteiger partial charge in [-0.3, -0.25) is 4.79 Å². The first-order chi connectivity index (χ1) is 16.5. The van der Waals surface area contributed by atoms with E-state index in [-0.39, 0.29) is 11.7 Å². The third-order valence-corrected chi connectivity index (χ3v) is 6.14. The molecule has 0 fully saturated rings. The molecular formula is C28H35NO5. The number of fused-ring (bicyclic) bond motifs is 1. The average molecular weight is 466 g/mol. The number of allylic oxidation sites excluding steroid dienone is 2. The zero-order valence-corrected chi connectivity index (χ0v) is 20.8. The van der Waals surface area contributed by atoms with Gasteiger partial charge in [0.2, 0.25) is 0 Å². The SMILES string of the molecule is COc1ccc(CCN(C)C/C=C\CC2C=Cc3cc(OC)c(OC)cc3CC2=O)cc1OC. The maximum atomic E-state index is 12.8. The number of hydrogen-bond acceptors (Lipinski definition) is 6. The standard InChI is InChI=1S/C28H35NO5/c1-29(15-13-20-9-12-25(31-2)26(16-20)32-3)14-7-6-8-21-10-11-22-18-27(33-4)28(34-5)19-23(22)17-24(21)30/h6-7,9-12,16,18-19,21H,8,13-15,17H2,1-5H3/b7-6-. The van der Waals surface area contributed by atoms with Crippen LogP contribution in [0, 0.1) is 5.92 Å². The predicted molar refractivity (Wildman–Crippen MR) is 135 cm³/mol. The van der Waals surface area contributed by atoms with Crippen molar-refractivity contribution in [2.24, 2.45) is 5.92 Å². The zero-order valence-electron chi connectivity index (χ0n) is 20.8. The van der Waals surface area contributed by atoms with E-state index in [9.17, 15) is 4.79 Å². The largest absolute Gasteiger partial charge is 0.493 e. The molecule has 1 aliphatic rings. The summed E-state index contributed by atoms with van der Waals surface area (Å²) in [7, 11) is 8.62. The summed E-state index contributed by atoms with van der Waals surface area (Å²) in [6, 6.07) is 9.87. The zero-order chi connectivity index (χ0) is 24.5. The highest BCUT2D eigenvalue weighted by Crippen LogP contribution is 2.33. The number of rotatable bonds is 11. The molecule has 2 aromatic rings. The lowest BCUT2D eigenvalue weighted by Gasteiger charge is -2.15. The molecule has 0 heterocycles. The van der Waals surface area contributed by atoms with Crippen LogP contribution >= 0.6 is 0 Å². The third kappa shape index (κ3) is 6.41. The number of ether oxygens (including phenoxy) is 4. The Morgan fingerprint density at radius 3 is 2.29 bits per heavy atom. The fourth-order valence-corrected chi connectivity index (χ4v) is 4.05. The summed E-state index contributed by atoms with van der Waals surface area (Å²) in [6.07, 6.45) is 10.3. The van der Waals surface area contributed by atoms with Gasteiger partial charge in [0, 0.05) is 25.4 Å². The maximum absolute atomic E-state index is 12.8. The van der Waals surface area contributed by atoms with E-state index < -0.39 is 0 Å². The van der Waals surface area contributed by atoms with E-state index in [2.05, 4.69) is 30.2 Å². The van der Waals surface area contributed by atoms with Crippen LogP contribution in [-0.2, 0) is 17.6 Å². The fourth-order valence-electron chi connectivity index (χ4n) is 4.05. The minimum absolute atomic E-state index is 0.127. The number of likely N-dealkylation sites (N-methyl/N-ethyl adjacent to an activating group) is 1. The van der Waals surface area contributed by atoms with Gasteiger partial charge in [0.15, 0.2) is 23.0 Å². The van der Waals surface area contributed by atoms with Gasteiger partial charge in [0.1, 0.15) is 5.78 Å². The Morgan fingerprint density at radius 2 is 1.59 bits per heavy atom. The molecule has 6 nitrogen and oxygen atoms in total. The van der Waals surface area contributed by atoms with Gasteiger partial charge < -0.3 is 23.8 Å². The van der Waals surface area contributed by atoms with Crippen LogP contribution in [0.2, 0.25) is 0 Å². The molecule has 0 amide bonds. The Morgan fingerprint density at radius 1 is 0.912 bits per heavy atom. The van der Waals surface area contributed by atoms with Gasteiger partial charge in [0.05, 0.1) is 28.4 Å². The van der Waals surface area contributed by atoms with E-state index in [1.165, 1.54) is 5.56 Å². The lowest BCUT2D eigenvalue weighted by molar-refractivity contribution is -0.120. The van der Waals surface area contributed by atoms with Crippen LogP contribution in [0.4, 0.5) is 0 Å².